The molecule has 1 fully saturated rings. The number of carbonyl (C=O) groups excluding carboxylic acids is 4. The van der Waals surface area contributed by atoms with Crippen LogP contribution in [0.2, 0.25) is 0 Å². The van der Waals surface area contributed by atoms with Crippen LogP contribution in [-0.4, -0.2) is 70.1 Å². The molecule has 202 valence electrons. The summed E-state index contributed by atoms with van der Waals surface area (Å²) < 4.78 is 5.24. The SMILES string of the molecule is N=C(N)N(CCC[C@@H](C=O)NC(=O)[C@@H]1CCCN1C(=O)CCc1cccnc1)C(=O)OCc1ccccc1. The number of ether oxygens (including phenoxy) is 1. The summed E-state index contributed by atoms with van der Waals surface area (Å²) in [6, 6.07) is 11.4. The summed E-state index contributed by atoms with van der Waals surface area (Å²) in [4.78, 5) is 56.4. The van der Waals surface area contributed by atoms with Gasteiger partial charge < -0.3 is 25.5 Å². The molecule has 1 aliphatic rings. The number of benzene rings is 1. The molecule has 11 nitrogen and oxygen atoms in total. The van der Waals surface area contributed by atoms with Gasteiger partial charge in [-0.25, -0.2) is 9.69 Å². The second-order valence-electron chi connectivity index (χ2n) is 9.08. The second kappa shape index (κ2) is 14.5. The lowest BCUT2D eigenvalue weighted by atomic mass is 10.1. The highest BCUT2D eigenvalue weighted by atomic mass is 16.6. The maximum Gasteiger partial charge on any atom is 0.416 e. The van der Waals surface area contributed by atoms with Crippen LogP contribution in [0.3, 0.4) is 0 Å². The zero-order valence-electron chi connectivity index (χ0n) is 21.3. The number of guanidine groups is 1. The fraction of sp³-hybridized carbons (Fsp3) is 0.407. The van der Waals surface area contributed by atoms with E-state index in [2.05, 4.69) is 10.3 Å². The van der Waals surface area contributed by atoms with E-state index < -0.39 is 24.1 Å². The Morgan fingerprint density at radius 1 is 1.21 bits per heavy atom. The molecule has 38 heavy (non-hydrogen) atoms. The number of pyridine rings is 1. The van der Waals surface area contributed by atoms with Crippen molar-refractivity contribution in [1.82, 2.24) is 20.1 Å². The monoisotopic (exact) mass is 522 g/mol. The lowest BCUT2D eigenvalue weighted by Crippen LogP contribution is -2.49. The maximum absolute atomic E-state index is 12.9. The number of nitrogens with two attached hydrogens (primary N) is 1. The molecule has 0 unspecified atom stereocenters. The number of aromatic nitrogens is 1. The van der Waals surface area contributed by atoms with E-state index in [0.717, 1.165) is 16.0 Å². The van der Waals surface area contributed by atoms with E-state index in [1.165, 1.54) is 0 Å². The van der Waals surface area contributed by atoms with E-state index in [0.29, 0.717) is 38.5 Å². The van der Waals surface area contributed by atoms with Gasteiger partial charge in [0.15, 0.2) is 5.96 Å². The molecule has 1 saturated heterocycles. The Kier molecular flexibility index (Phi) is 10.8. The highest BCUT2D eigenvalue weighted by Crippen LogP contribution is 2.19. The number of likely N-dealkylation sites (tertiary alicyclic amines) is 1. The molecule has 2 atom stereocenters. The molecule has 3 amide bonds. The minimum atomic E-state index is -0.801. The Bertz CT molecular complexity index is 1100. The van der Waals surface area contributed by atoms with E-state index in [1.54, 1.807) is 17.3 Å². The Hall–Kier alpha value is -4.28. The van der Waals surface area contributed by atoms with Crippen molar-refractivity contribution in [3.05, 3.63) is 66.0 Å². The normalized spacial score (nSPS) is 15.4. The standard InChI is InChI=1S/C27H34N6O5/c28-26(29)33(27(37)38-19-21-7-2-1-3-8-21)16-5-10-22(18-34)31-25(36)23-11-6-15-32(23)24(35)13-12-20-9-4-14-30-17-20/h1-4,7-9,14,17-18,22-23H,5-6,10-13,15-16,19H2,(H3,28,29)(H,31,36)/t22-,23-/m0/s1. The number of hydrogen-bond acceptors (Lipinski definition) is 7. The molecule has 0 spiro atoms. The van der Waals surface area contributed by atoms with Crippen molar-refractivity contribution in [3.63, 3.8) is 0 Å². The van der Waals surface area contributed by atoms with E-state index in [-0.39, 0.29) is 37.8 Å². The Balaban J connectivity index is 1.45. The third-order valence-corrected chi connectivity index (χ3v) is 6.33. The van der Waals surface area contributed by atoms with Gasteiger partial charge in [0, 0.05) is 31.9 Å². The first kappa shape index (κ1) is 28.3. The van der Waals surface area contributed by atoms with Crippen LogP contribution in [0.4, 0.5) is 4.79 Å². The first-order chi connectivity index (χ1) is 18.4. The highest BCUT2D eigenvalue weighted by Gasteiger charge is 2.34. The second-order valence-corrected chi connectivity index (χ2v) is 9.08. The van der Waals surface area contributed by atoms with E-state index >= 15 is 0 Å². The summed E-state index contributed by atoms with van der Waals surface area (Å²) in [7, 11) is 0. The summed E-state index contributed by atoms with van der Waals surface area (Å²) in [5.41, 5.74) is 7.30. The molecule has 1 aliphatic heterocycles. The van der Waals surface area contributed by atoms with Crippen LogP contribution in [0.5, 0.6) is 0 Å². The average Bonchev–Trinajstić information content (AvgIpc) is 3.43. The molecule has 1 aromatic carbocycles. The van der Waals surface area contributed by atoms with E-state index in [4.69, 9.17) is 15.9 Å². The van der Waals surface area contributed by atoms with Crippen molar-refractivity contribution in [2.24, 2.45) is 5.73 Å². The lowest BCUT2D eigenvalue weighted by Gasteiger charge is -2.26. The summed E-state index contributed by atoms with van der Waals surface area (Å²) in [6.07, 6.45) is 5.82. The number of aryl methyl sites for hydroxylation is 1. The summed E-state index contributed by atoms with van der Waals surface area (Å²) in [6.45, 7) is 0.579. The first-order valence-electron chi connectivity index (χ1n) is 12.6. The third-order valence-electron chi connectivity index (χ3n) is 6.33. The summed E-state index contributed by atoms with van der Waals surface area (Å²) >= 11 is 0. The smallest absolute Gasteiger partial charge is 0.416 e. The van der Waals surface area contributed by atoms with Crippen LogP contribution in [-0.2, 0) is 32.1 Å². The van der Waals surface area contributed by atoms with Gasteiger partial charge in [0.05, 0.1) is 6.04 Å². The Morgan fingerprint density at radius 2 is 1.97 bits per heavy atom. The lowest BCUT2D eigenvalue weighted by molar-refractivity contribution is -0.139. The molecule has 0 aliphatic carbocycles. The van der Waals surface area contributed by atoms with Crippen LogP contribution in [0.25, 0.3) is 0 Å². The van der Waals surface area contributed by atoms with Gasteiger partial charge in [-0.05, 0) is 49.3 Å². The van der Waals surface area contributed by atoms with Gasteiger partial charge >= 0.3 is 6.09 Å². The molecule has 11 heteroatoms. The number of amides is 3. The van der Waals surface area contributed by atoms with Gasteiger partial charge in [-0.15, -0.1) is 0 Å². The Morgan fingerprint density at radius 3 is 2.66 bits per heavy atom. The molecule has 4 N–H and O–H groups in total. The highest BCUT2D eigenvalue weighted by molar-refractivity contribution is 5.91. The molecule has 2 heterocycles. The first-order valence-corrected chi connectivity index (χ1v) is 12.6. The Labute approximate surface area is 221 Å². The number of nitrogens with one attached hydrogen (secondary N) is 2. The third kappa shape index (κ3) is 8.39. The van der Waals surface area contributed by atoms with Crippen LogP contribution >= 0.6 is 0 Å². The molecule has 3 rings (SSSR count). The van der Waals surface area contributed by atoms with Crippen LogP contribution in [0, 0.1) is 5.41 Å². The predicted octanol–water partition coefficient (Wildman–Crippen LogP) is 2.00. The topological polar surface area (TPSA) is 159 Å². The predicted molar refractivity (Wildman–Crippen MR) is 140 cm³/mol. The summed E-state index contributed by atoms with van der Waals surface area (Å²) in [5.74, 6) is -0.957. The van der Waals surface area contributed by atoms with Gasteiger partial charge in [0.25, 0.3) is 0 Å². The number of rotatable bonds is 12. The van der Waals surface area contributed by atoms with Gasteiger partial charge in [0.2, 0.25) is 11.8 Å². The maximum atomic E-state index is 12.9. The molecule has 0 radical (unpaired) electrons. The van der Waals surface area contributed by atoms with Crippen molar-refractivity contribution in [1.29, 1.82) is 5.41 Å². The average molecular weight is 523 g/mol. The fourth-order valence-electron chi connectivity index (χ4n) is 4.31. The van der Waals surface area contributed by atoms with Gasteiger partial charge in [-0.2, -0.15) is 0 Å². The zero-order valence-corrected chi connectivity index (χ0v) is 21.3. The van der Waals surface area contributed by atoms with E-state index in [9.17, 15) is 19.2 Å². The van der Waals surface area contributed by atoms with Gasteiger partial charge in [-0.3, -0.25) is 20.0 Å². The van der Waals surface area contributed by atoms with Crippen molar-refractivity contribution in [3.8, 4) is 0 Å². The minimum absolute atomic E-state index is 0.0370. The van der Waals surface area contributed by atoms with Crippen molar-refractivity contribution >= 4 is 30.2 Å². The van der Waals surface area contributed by atoms with Crippen molar-refractivity contribution in [2.75, 3.05) is 13.1 Å². The van der Waals surface area contributed by atoms with Crippen LogP contribution < -0.4 is 11.1 Å². The molecule has 0 bridgehead atoms. The number of nitrogens with zero attached hydrogens (tertiary/aromatic N) is 3. The fourth-order valence-corrected chi connectivity index (χ4v) is 4.31. The van der Waals surface area contributed by atoms with Crippen LogP contribution in [0.1, 0.15) is 43.2 Å². The van der Waals surface area contributed by atoms with Gasteiger partial charge in [-0.1, -0.05) is 36.4 Å². The number of hydrogen-bond donors (Lipinski definition) is 3. The van der Waals surface area contributed by atoms with Crippen molar-refractivity contribution < 1.29 is 23.9 Å². The zero-order chi connectivity index (χ0) is 27.3. The molecular weight excluding hydrogens is 488 g/mol. The van der Waals surface area contributed by atoms with E-state index in [1.807, 2.05) is 42.5 Å². The quantitative estimate of drug-likeness (QED) is 0.218. The van der Waals surface area contributed by atoms with Gasteiger partial charge in [0.1, 0.15) is 18.9 Å². The summed E-state index contributed by atoms with van der Waals surface area (Å²) in [5, 5.41) is 10.4. The largest absolute Gasteiger partial charge is 0.444 e. The molecular formula is C27H34N6O5. The molecule has 2 aromatic rings. The number of carbonyl (C=O) groups is 4. The molecule has 1 aromatic heterocycles. The number of aldehydes is 1. The van der Waals surface area contributed by atoms with Crippen LogP contribution in [0.15, 0.2) is 54.9 Å². The molecule has 0 saturated carbocycles. The van der Waals surface area contributed by atoms with Crippen molar-refractivity contribution in [2.45, 2.75) is 57.2 Å². The minimum Gasteiger partial charge on any atom is -0.444 e.